The van der Waals surface area contributed by atoms with Crippen LogP contribution in [0.2, 0.25) is 0 Å². The number of fused-ring (bicyclic) bond motifs is 1. The number of likely N-dealkylation sites (N-methyl/N-ethyl adjacent to an activating group) is 1. The van der Waals surface area contributed by atoms with Crippen LogP contribution in [0, 0.1) is 0 Å². The van der Waals surface area contributed by atoms with Crippen LogP contribution in [-0.4, -0.2) is 37.5 Å². The first kappa shape index (κ1) is 13.5. The van der Waals surface area contributed by atoms with E-state index in [4.69, 9.17) is 0 Å². The van der Waals surface area contributed by atoms with Crippen LogP contribution >= 0.6 is 0 Å². The number of aryl methyl sites for hydroxylation is 2. The first-order valence-corrected chi connectivity index (χ1v) is 7.61. The number of hydrogen-bond donors (Lipinski definition) is 1. The molecule has 100 valence electrons. The van der Waals surface area contributed by atoms with Crippen molar-refractivity contribution in [3.8, 4) is 0 Å². The van der Waals surface area contributed by atoms with E-state index in [0.717, 1.165) is 24.8 Å². The maximum absolute atomic E-state index is 12.3. The van der Waals surface area contributed by atoms with E-state index in [-0.39, 0.29) is 6.54 Å². The summed E-state index contributed by atoms with van der Waals surface area (Å²) in [6.45, 7) is 1.69. The van der Waals surface area contributed by atoms with Gasteiger partial charge >= 0.3 is 0 Å². The topological polar surface area (TPSA) is 57.6 Å². The molecular formula is C13H19NO3S. The molecule has 0 saturated heterocycles. The van der Waals surface area contributed by atoms with Crippen LogP contribution in [0.15, 0.2) is 23.1 Å². The first-order chi connectivity index (χ1) is 8.41. The normalized spacial score (nSPS) is 16.9. The Morgan fingerprint density at radius 2 is 2.00 bits per heavy atom. The van der Waals surface area contributed by atoms with Crippen molar-refractivity contribution in [2.45, 2.75) is 37.2 Å². The van der Waals surface area contributed by atoms with E-state index >= 15 is 0 Å². The summed E-state index contributed by atoms with van der Waals surface area (Å²) in [4.78, 5) is 0.325. The molecule has 1 aromatic rings. The van der Waals surface area contributed by atoms with Crippen LogP contribution < -0.4 is 0 Å². The third-order valence-corrected chi connectivity index (χ3v) is 5.12. The summed E-state index contributed by atoms with van der Waals surface area (Å²) in [5.41, 5.74) is 2.40. The lowest BCUT2D eigenvalue weighted by Gasteiger charge is -2.19. The summed E-state index contributed by atoms with van der Waals surface area (Å²) < 4.78 is 25.8. The van der Waals surface area contributed by atoms with Crippen molar-refractivity contribution in [3.63, 3.8) is 0 Å². The van der Waals surface area contributed by atoms with E-state index in [9.17, 15) is 13.5 Å². The first-order valence-electron chi connectivity index (χ1n) is 6.17. The van der Waals surface area contributed by atoms with Gasteiger partial charge in [-0.2, -0.15) is 4.31 Å². The molecule has 1 unspecified atom stereocenters. The molecule has 0 saturated carbocycles. The summed E-state index contributed by atoms with van der Waals surface area (Å²) in [7, 11) is -1.99. The number of aliphatic hydroxyl groups is 1. The largest absolute Gasteiger partial charge is 0.392 e. The molecule has 0 radical (unpaired) electrons. The third kappa shape index (κ3) is 2.58. The number of sulfonamides is 1. The molecule has 0 bridgehead atoms. The second kappa shape index (κ2) is 4.99. The monoisotopic (exact) mass is 269 g/mol. The summed E-state index contributed by atoms with van der Waals surface area (Å²) >= 11 is 0. The van der Waals surface area contributed by atoms with Crippen molar-refractivity contribution in [1.82, 2.24) is 4.31 Å². The van der Waals surface area contributed by atoms with E-state index < -0.39 is 16.1 Å². The molecule has 0 fully saturated rings. The second-order valence-corrected chi connectivity index (χ2v) is 6.96. The highest BCUT2D eigenvalue weighted by Gasteiger charge is 2.23. The smallest absolute Gasteiger partial charge is 0.242 e. The van der Waals surface area contributed by atoms with Crippen molar-refractivity contribution in [1.29, 1.82) is 0 Å². The van der Waals surface area contributed by atoms with E-state index in [1.807, 2.05) is 6.07 Å². The van der Waals surface area contributed by atoms with Crippen molar-refractivity contribution in [3.05, 3.63) is 29.3 Å². The van der Waals surface area contributed by atoms with Crippen LogP contribution in [-0.2, 0) is 22.9 Å². The van der Waals surface area contributed by atoms with Gasteiger partial charge in [-0.3, -0.25) is 0 Å². The van der Waals surface area contributed by atoms with Gasteiger partial charge in [0.1, 0.15) is 0 Å². The van der Waals surface area contributed by atoms with Gasteiger partial charge in [-0.25, -0.2) is 8.42 Å². The molecule has 0 aliphatic heterocycles. The van der Waals surface area contributed by atoms with Gasteiger partial charge in [0.25, 0.3) is 0 Å². The van der Waals surface area contributed by atoms with Gasteiger partial charge in [-0.15, -0.1) is 0 Å². The Kier molecular flexibility index (Phi) is 3.75. The number of hydrogen-bond acceptors (Lipinski definition) is 3. The van der Waals surface area contributed by atoms with Crippen molar-refractivity contribution < 1.29 is 13.5 Å². The second-order valence-electron chi connectivity index (χ2n) is 4.92. The highest BCUT2D eigenvalue weighted by Crippen LogP contribution is 2.25. The maximum atomic E-state index is 12.3. The minimum Gasteiger partial charge on any atom is -0.392 e. The number of nitrogens with zero attached hydrogens (tertiary/aromatic N) is 1. The molecule has 5 heteroatoms. The molecule has 0 spiro atoms. The minimum atomic E-state index is -3.48. The summed E-state index contributed by atoms with van der Waals surface area (Å²) in [6.07, 6.45) is 2.43. The van der Waals surface area contributed by atoms with Gasteiger partial charge < -0.3 is 5.11 Å². The van der Waals surface area contributed by atoms with Gasteiger partial charge in [0.2, 0.25) is 10.0 Å². The highest BCUT2D eigenvalue weighted by molar-refractivity contribution is 7.89. The molecule has 0 aromatic heterocycles. The lowest BCUT2D eigenvalue weighted by Crippen LogP contribution is -2.33. The van der Waals surface area contributed by atoms with Crippen LogP contribution in [0.25, 0.3) is 0 Å². The number of benzene rings is 1. The van der Waals surface area contributed by atoms with Crippen molar-refractivity contribution in [2.24, 2.45) is 0 Å². The molecule has 0 amide bonds. The van der Waals surface area contributed by atoms with E-state index in [0.29, 0.717) is 4.90 Å². The lowest BCUT2D eigenvalue weighted by atomic mass is 10.1. The SMILES string of the molecule is CC(O)CN(C)S(=O)(=O)c1ccc2c(c1)CCC2. The van der Waals surface area contributed by atoms with Crippen LogP contribution in [0.3, 0.4) is 0 Å². The van der Waals surface area contributed by atoms with Crippen LogP contribution in [0.4, 0.5) is 0 Å². The van der Waals surface area contributed by atoms with Crippen molar-refractivity contribution in [2.75, 3.05) is 13.6 Å². The fourth-order valence-electron chi connectivity index (χ4n) is 2.36. The Hall–Kier alpha value is -0.910. The van der Waals surface area contributed by atoms with Crippen LogP contribution in [0.5, 0.6) is 0 Å². The van der Waals surface area contributed by atoms with Gasteiger partial charge in [0.05, 0.1) is 11.0 Å². The predicted molar refractivity (Wildman–Crippen MR) is 70.0 cm³/mol. The summed E-state index contributed by atoms with van der Waals surface area (Å²) in [5.74, 6) is 0. The minimum absolute atomic E-state index is 0.111. The summed E-state index contributed by atoms with van der Waals surface area (Å²) in [6, 6.07) is 5.35. The Balaban J connectivity index is 2.30. The molecule has 18 heavy (non-hydrogen) atoms. The standard InChI is InChI=1S/C13H19NO3S/c1-10(15)9-14(2)18(16,17)13-7-6-11-4-3-5-12(11)8-13/h6-8,10,15H,3-5,9H2,1-2H3. The lowest BCUT2D eigenvalue weighted by molar-refractivity contribution is 0.171. The number of aliphatic hydroxyl groups excluding tert-OH is 1. The number of rotatable bonds is 4. The Morgan fingerprint density at radius 1 is 1.33 bits per heavy atom. The van der Waals surface area contributed by atoms with E-state index in [1.165, 1.54) is 16.9 Å². The molecule has 0 heterocycles. The van der Waals surface area contributed by atoms with E-state index in [2.05, 4.69) is 0 Å². The third-order valence-electron chi connectivity index (χ3n) is 3.30. The Morgan fingerprint density at radius 3 is 2.67 bits per heavy atom. The zero-order valence-corrected chi connectivity index (χ0v) is 11.6. The van der Waals surface area contributed by atoms with Crippen molar-refractivity contribution >= 4 is 10.0 Å². The molecule has 4 nitrogen and oxygen atoms in total. The van der Waals surface area contributed by atoms with Gasteiger partial charge in [-0.1, -0.05) is 6.07 Å². The zero-order valence-electron chi connectivity index (χ0n) is 10.8. The molecule has 1 atom stereocenters. The van der Waals surface area contributed by atoms with Gasteiger partial charge in [-0.05, 0) is 49.4 Å². The van der Waals surface area contributed by atoms with Crippen LogP contribution in [0.1, 0.15) is 24.5 Å². The fraction of sp³-hybridized carbons (Fsp3) is 0.538. The average molecular weight is 269 g/mol. The molecule has 1 aliphatic rings. The molecule has 2 rings (SSSR count). The zero-order chi connectivity index (χ0) is 13.3. The fourth-order valence-corrected chi connectivity index (χ4v) is 3.66. The molecular weight excluding hydrogens is 250 g/mol. The van der Waals surface area contributed by atoms with Gasteiger partial charge in [0.15, 0.2) is 0 Å². The van der Waals surface area contributed by atoms with E-state index in [1.54, 1.807) is 19.1 Å². The maximum Gasteiger partial charge on any atom is 0.242 e. The average Bonchev–Trinajstić information content (AvgIpc) is 2.74. The Labute approximate surface area is 108 Å². The molecule has 1 aliphatic carbocycles. The molecule has 1 aromatic carbocycles. The highest BCUT2D eigenvalue weighted by atomic mass is 32.2. The molecule has 1 N–H and O–H groups in total. The summed E-state index contributed by atoms with van der Waals surface area (Å²) in [5, 5.41) is 9.28. The quantitative estimate of drug-likeness (QED) is 0.893. The predicted octanol–water partition coefficient (Wildman–Crippen LogP) is 1.18. The van der Waals surface area contributed by atoms with Gasteiger partial charge in [0, 0.05) is 13.6 Å². The Bertz CT molecular complexity index is 537.